The summed E-state index contributed by atoms with van der Waals surface area (Å²) in [5.41, 5.74) is 0.521. The van der Waals surface area contributed by atoms with E-state index in [9.17, 15) is 23.1 Å². The van der Waals surface area contributed by atoms with Gasteiger partial charge in [-0.15, -0.1) is 0 Å². The predicted molar refractivity (Wildman–Crippen MR) is 148 cm³/mol. The number of aliphatic hydroxyl groups excluding tert-OH is 1. The zero-order valence-electron chi connectivity index (χ0n) is 21.6. The molecule has 7 nitrogen and oxygen atoms in total. The first-order valence-corrected chi connectivity index (χ1v) is 13.0. The smallest absolute Gasteiger partial charge is 0.416 e. The first-order chi connectivity index (χ1) is 19.0. The number of alkyl halides is 3. The number of hydrogen-bond donors (Lipinski definition) is 3. The van der Waals surface area contributed by atoms with Gasteiger partial charge in [0.15, 0.2) is 0 Å². The van der Waals surface area contributed by atoms with E-state index in [4.69, 9.17) is 38.0 Å². The molecule has 3 aromatic carbocycles. The maximum Gasteiger partial charge on any atom is 0.416 e. The first kappa shape index (κ1) is 31.2. The van der Waals surface area contributed by atoms with Crippen molar-refractivity contribution in [1.82, 2.24) is 10.2 Å². The summed E-state index contributed by atoms with van der Waals surface area (Å²) >= 11 is 12.1. The molecule has 1 heterocycles. The van der Waals surface area contributed by atoms with Crippen LogP contribution in [0.2, 0.25) is 10.0 Å². The number of carboxylic acid groups (broad SMARTS) is 1. The van der Waals surface area contributed by atoms with E-state index in [2.05, 4.69) is 5.32 Å². The van der Waals surface area contributed by atoms with Gasteiger partial charge in [0.25, 0.3) is 0 Å². The average molecular weight is 598 g/mol. The van der Waals surface area contributed by atoms with Crippen LogP contribution in [0.3, 0.4) is 0 Å². The number of ether oxygens (including phenoxy) is 1. The summed E-state index contributed by atoms with van der Waals surface area (Å²) in [6.45, 7) is 2.63. The van der Waals surface area contributed by atoms with E-state index < -0.39 is 29.9 Å². The highest BCUT2D eigenvalue weighted by molar-refractivity contribution is 6.30. The van der Waals surface area contributed by atoms with Gasteiger partial charge in [0, 0.05) is 16.6 Å². The van der Waals surface area contributed by atoms with Gasteiger partial charge >= 0.3 is 12.3 Å². The highest BCUT2D eigenvalue weighted by atomic mass is 35.5. The molecule has 214 valence electrons. The molecule has 1 amide bonds. The molecule has 1 aliphatic rings. The molecule has 3 N–H and O–H groups in total. The summed E-state index contributed by atoms with van der Waals surface area (Å²) in [4.78, 5) is 18.3. The average Bonchev–Trinajstić information content (AvgIpc) is 3.31. The number of halogens is 5. The summed E-state index contributed by atoms with van der Waals surface area (Å²) in [7, 11) is 1.80. The van der Waals surface area contributed by atoms with Crippen molar-refractivity contribution in [2.45, 2.75) is 25.2 Å². The Morgan fingerprint density at radius 3 is 2.05 bits per heavy atom. The highest BCUT2D eigenvalue weighted by Gasteiger charge is 2.43. The van der Waals surface area contributed by atoms with Crippen molar-refractivity contribution in [3.63, 3.8) is 0 Å². The topological polar surface area (TPSA) is 94.4 Å². The maximum atomic E-state index is 13.3. The molecule has 1 aliphatic heterocycles. The van der Waals surface area contributed by atoms with E-state index in [0.29, 0.717) is 27.7 Å². The highest BCUT2D eigenvalue weighted by Crippen LogP contribution is 2.45. The number of aliphatic hydroxyl groups is 1. The molecule has 0 spiro atoms. The van der Waals surface area contributed by atoms with Gasteiger partial charge in [0.1, 0.15) is 17.6 Å². The Bertz CT molecular complexity index is 1320. The summed E-state index contributed by atoms with van der Waals surface area (Å²) in [5.74, 6) is -0.131. The number of nitrogens with zero attached hydrogens (tertiary/aromatic N) is 2. The Labute approximate surface area is 239 Å². The van der Waals surface area contributed by atoms with Gasteiger partial charge in [-0.25, -0.2) is 4.79 Å². The normalized spacial score (nSPS) is 16.7. The van der Waals surface area contributed by atoms with E-state index in [1.807, 2.05) is 0 Å². The molecular weight excluding hydrogens is 570 g/mol. The molecule has 0 saturated carbocycles. The molecule has 0 aliphatic carbocycles. The molecular formula is C28H28Cl2F3N3O4. The Morgan fingerprint density at radius 2 is 1.60 bits per heavy atom. The number of hydrogen-bond acceptors (Lipinski definition) is 5. The number of rotatable bonds is 7. The van der Waals surface area contributed by atoms with Crippen LogP contribution >= 0.6 is 23.2 Å². The van der Waals surface area contributed by atoms with Gasteiger partial charge in [-0.1, -0.05) is 47.5 Å². The Kier molecular flexibility index (Phi) is 10.8. The molecule has 0 radical (unpaired) electrons. The molecule has 0 saturated heterocycles. The summed E-state index contributed by atoms with van der Waals surface area (Å²) in [6, 6.07) is 14.9. The number of amidine groups is 1. The molecule has 40 heavy (non-hydrogen) atoms. The van der Waals surface area contributed by atoms with Crippen molar-refractivity contribution >= 4 is 35.1 Å². The fourth-order valence-electron chi connectivity index (χ4n) is 4.12. The molecule has 2 unspecified atom stereocenters. The van der Waals surface area contributed by atoms with Crippen LogP contribution < -0.4 is 10.1 Å². The van der Waals surface area contributed by atoms with E-state index in [1.165, 1.54) is 6.07 Å². The standard InChI is InChI=1S/C25H19Cl2F3N2O3.C3H9NO/c1-2-35-20-13-16(25(28,29)30)7-12-19(20)23-31-21(14-3-8-17(26)9-4-14)22(32(23)24(33)34)15-5-10-18(27)11-6-15;1-4-2-3-5/h3-13,21-22H,2H2,1H3,(H,33,34);4-5H,2-3H2,1H3. The van der Waals surface area contributed by atoms with Crippen LogP contribution in [-0.2, 0) is 6.18 Å². The monoisotopic (exact) mass is 597 g/mol. The Balaban J connectivity index is 0.000000810. The van der Waals surface area contributed by atoms with Crippen LogP contribution in [0, 0.1) is 0 Å². The van der Waals surface area contributed by atoms with Gasteiger partial charge in [-0.3, -0.25) is 9.89 Å². The SMILES string of the molecule is CCOc1cc(C(F)(F)F)ccc1C1=NC(c2ccc(Cl)cc2)C(c2ccc(Cl)cc2)N1C(=O)O.CNCCO. The van der Waals surface area contributed by atoms with Gasteiger partial charge in [-0.2, -0.15) is 13.2 Å². The lowest BCUT2D eigenvalue weighted by atomic mass is 9.94. The second-order valence-corrected chi connectivity index (χ2v) is 9.44. The maximum absolute atomic E-state index is 13.3. The number of aliphatic imine (C=N–C) groups is 1. The minimum atomic E-state index is -4.59. The lowest BCUT2D eigenvalue weighted by Gasteiger charge is -2.27. The Morgan fingerprint density at radius 1 is 1.02 bits per heavy atom. The van der Waals surface area contributed by atoms with Crippen molar-refractivity contribution in [3.05, 3.63) is 99.0 Å². The molecule has 0 fully saturated rings. The number of carbonyl (C=O) groups is 1. The van der Waals surface area contributed by atoms with Crippen molar-refractivity contribution in [2.24, 2.45) is 4.99 Å². The summed E-state index contributed by atoms with van der Waals surface area (Å²) in [6.07, 6.45) is -5.91. The third-order valence-electron chi connectivity index (χ3n) is 5.91. The van der Waals surface area contributed by atoms with Crippen molar-refractivity contribution in [2.75, 3.05) is 26.8 Å². The lowest BCUT2D eigenvalue weighted by Crippen LogP contribution is -2.37. The van der Waals surface area contributed by atoms with Crippen LogP contribution in [0.25, 0.3) is 0 Å². The van der Waals surface area contributed by atoms with Crippen LogP contribution in [0.1, 0.15) is 41.3 Å². The van der Waals surface area contributed by atoms with E-state index in [1.54, 1.807) is 62.5 Å². The number of amides is 1. The summed E-state index contributed by atoms with van der Waals surface area (Å²) < 4.78 is 45.5. The van der Waals surface area contributed by atoms with E-state index in [-0.39, 0.29) is 30.4 Å². The van der Waals surface area contributed by atoms with Crippen molar-refractivity contribution in [1.29, 1.82) is 0 Å². The second kappa shape index (κ2) is 13.8. The predicted octanol–water partition coefficient (Wildman–Crippen LogP) is 6.83. The van der Waals surface area contributed by atoms with Gasteiger partial charge in [0.2, 0.25) is 0 Å². The molecule has 0 bridgehead atoms. The minimum Gasteiger partial charge on any atom is -0.493 e. The quantitative estimate of drug-likeness (QED) is 0.277. The molecule has 0 aromatic heterocycles. The second-order valence-electron chi connectivity index (χ2n) is 8.57. The van der Waals surface area contributed by atoms with Crippen LogP contribution in [0.4, 0.5) is 18.0 Å². The molecule has 2 atom stereocenters. The fraction of sp³-hybridized carbons (Fsp3) is 0.286. The lowest BCUT2D eigenvalue weighted by molar-refractivity contribution is -0.137. The number of benzene rings is 3. The minimum absolute atomic E-state index is 0.0189. The van der Waals surface area contributed by atoms with Crippen LogP contribution in [-0.4, -0.2) is 53.8 Å². The Hall–Kier alpha value is -3.31. The number of nitrogens with one attached hydrogen (secondary N) is 1. The fourth-order valence-corrected chi connectivity index (χ4v) is 4.38. The first-order valence-electron chi connectivity index (χ1n) is 12.2. The third-order valence-corrected chi connectivity index (χ3v) is 6.41. The molecule has 12 heteroatoms. The van der Waals surface area contributed by atoms with Gasteiger partial charge < -0.3 is 20.3 Å². The zero-order valence-corrected chi connectivity index (χ0v) is 23.1. The van der Waals surface area contributed by atoms with E-state index in [0.717, 1.165) is 17.0 Å². The molecule has 3 aromatic rings. The van der Waals surface area contributed by atoms with Crippen molar-refractivity contribution < 1.29 is 32.9 Å². The summed E-state index contributed by atoms with van der Waals surface area (Å²) in [5, 5.41) is 22.0. The van der Waals surface area contributed by atoms with Gasteiger partial charge in [0.05, 0.1) is 30.4 Å². The number of likely N-dealkylation sites (N-methyl/N-ethyl adjacent to an activating group) is 1. The van der Waals surface area contributed by atoms with Gasteiger partial charge in [-0.05, 0) is 67.6 Å². The van der Waals surface area contributed by atoms with Crippen LogP contribution in [0.15, 0.2) is 71.7 Å². The van der Waals surface area contributed by atoms with Crippen molar-refractivity contribution in [3.8, 4) is 5.75 Å². The van der Waals surface area contributed by atoms with E-state index >= 15 is 0 Å². The third kappa shape index (κ3) is 7.45. The van der Waals surface area contributed by atoms with Crippen LogP contribution in [0.5, 0.6) is 5.75 Å². The molecule has 4 rings (SSSR count). The largest absolute Gasteiger partial charge is 0.493 e. The zero-order chi connectivity index (χ0) is 29.4.